The molecular weight excluding hydrogens is 166 g/mol. The highest BCUT2D eigenvalue weighted by Gasteiger charge is 2.30. The molecule has 0 aromatic carbocycles. The van der Waals surface area contributed by atoms with Gasteiger partial charge >= 0.3 is 0 Å². The van der Waals surface area contributed by atoms with E-state index in [1.807, 2.05) is 0 Å². The number of rotatable bonds is 3. The Labute approximate surface area is 78.9 Å². The van der Waals surface area contributed by atoms with Crippen LogP contribution < -0.4 is 5.73 Å². The molecule has 0 unspecified atom stereocenters. The molecular formula is C9H17N3O. The van der Waals surface area contributed by atoms with Crippen molar-refractivity contribution < 1.29 is 5.11 Å². The predicted octanol–water partition coefficient (Wildman–Crippen LogP) is -0.314. The summed E-state index contributed by atoms with van der Waals surface area (Å²) in [5, 5.41) is 18.2. The summed E-state index contributed by atoms with van der Waals surface area (Å²) in [6.45, 7) is 2.88. The second-order valence-corrected chi connectivity index (χ2v) is 3.68. The molecule has 13 heavy (non-hydrogen) atoms. The molecule has 1 fully saturated rings. The molecule has 0 radical (unpaired) electrons. The van der Waals surface area contributed by atoms with Crippen LogP contribution in [0.3, 0.4) is 0 Å². The van der Waals surface area contributed by atoms with E-state index in [4.69, 9.17) is 11.0 Å². The summed E-state index contributed by atoms with van der Waals surface area (Å²) in [6, 6.07) is 2.12. The Morgan fingerprint density at radius 3 is 2.54 bits per heavy atom. The molecule has 1 heterocycles. The minimum atomic E-state index is -0.650. The first kappa shape index (κ1) is 10.5. The summed E-state index contributed by atoms with van der Waals surface area (Å²) in [5.41, 5.74) is 4.81. The Bertz CT molecular complexity index is 192. The molecule has 1 saturated heterocycles. The lowest BCUT2D eigenvalue weighted by Crippen LogP contribution is -2.48. The first-order valence-corrected chi connectivity index (χ1v) is 4.72. The van der Waals surface area contributed by atoms with Crippen molar-refractivity contribution in [2.24, 2.45) is 5.73 Å². The largest absolute Gasteiger partial charge is 0.388 e. The van der Waals surface area contributed by atoms with Gasteiger partial charge in [-0.2, -0.15) is 5.26 Å². The van der Waals surface area contributed by atoms with E-state index in [1.165, 1.54) is 0 Å². The second-order valence-electron chi connectivity index (χ2n) is 3.68. The summed E-state index contributed by atoms with van der Waals surface area (Å²) in [5.74, 6) is 0. The number of piperidine rings is 1. The van der Waals surface area contributed by atoms with E-state index < -0.39 is 5.60 Å². The fourth-order valence-corrected chi connectivity index (χ4v) is 1.61. The van der Waals surface area contributed by atoms with E-state index in [2.05, 4.69) is 11.0 Å². The van der Waals surface area contributed by atoms with Gasteiger partial charge in [-0.15, -0.1) is 0 Å². The number of likely N-dealkylation sites (tertiary alicyclic amines) is 1. The number of aliphatic hydroxyl groups is 1. The van der Waals surface area contributed by atoms with E-state index in [0.717, 1.165) is 32.5 Å². The Balaban J connectivity index is 2.27. The third-order valence-electron chi connectivity index (χ3n) is 2.71. The number of nitriles is 1. The van der Waals surface area contributed by atoms with Gasteiger partial charge in [0.05, 0.1) is 11.7 Å². The van der Waals surface area contributed by atoms with Crippen molar-refractivity contribution in [2.45, 2.75) is 24.9 Å². The summed E-state index contributed by atoms with van der Waals surface area (Å²) in [6.07, 6.45) is 2.03. The Hall–Kier alpha value is -0.630. The molecule has 0 amide bonds. The van der Waals surface area contributed by atoms with E-state index in [-0.39, 0.29) is 0 Å². The predicted molar refractivity (Wildman–Crippen MR) is 49.9 cm³/mol. The average molecular weight is 183 g/mol. The van der Waals surface area contributed by atoms with E-state index in [9.17, 15) is 5.11 Å². The summed E-state index contributed by atoms with van der Waals surface area (Å²) >= 11 is 0. The molecule has 0 aliphatic carbocycles. The third-order valence-corrected chi connectivity index (χ3v) is 2.71. The van der Waals surface area contributed by atoms with Crippen molar-refractivity contribution >= 4 is 0 Å². The van der Waals surface area contributed by atoms with Gasteiger partial charge in [0.1, 0.15) is 0 Å². The summed E-state index contributed by atoms with van der Waals surface area (Å²) in [7, 11) is 0. The van der Waals surface area contributed by atoms with Crippen LogP contribution in [0.2, 0.25) is 0 Å². The highest BCUT2D eigenvalue weighted by atomic mass is 16.3. The van der Waals surface area contributed by atoms with Crippen LogP contribution >= 0.6 is 0 Å². The molecule has 1 aliphatic heterocycles. The smallest absolute Gasteiger partial charge is 0.0793 e. The van der Waals surface area contributed by atoms with Gasteiger partial charge in [0.15, 0.2) is 0 Å². The maximum Gasteiger partial charge on any atom is 0.0793 e. The van der Waals surface area contributed by atoms with Crippen LogP contribution in [0.5, 0.6) is 0 Å². The Morgan fingerprint density at radius 2 is 2.08 bits per heavy atom. The monoisotopic (exact) mass is 183 g/mol. The highest BCUT2D eigenvalue weighted by Crippen LogP contribution is 2.20. The van der Waals surface area contributed by atoms with Crippen LogP contribution in [-0.4, -0.2) is 41.8 Å². The lowest BCUT2D eigenvalue weighted by atomic mass is 9.92. The van der Waals surface area contributed by atoms with Crippen LogP contribution in [0.4, 0.5) is 0 Å². The van der Waals surface area contributed by atoms with Gasteiger partial charge in [-0.25, -0.2) is 0 Å². The SMILES string of the molecule is N#CCCN1CCC(O)(CN)CC1. The molecule has 1 aliphatic rings. The fourth-order valence-electron chi connectivity index (χ4n) is 1.61. The van der Waals surface area contributed by atoms with Crippen molar-refractivity contribution in [1.82, 2.24) is 4.90 Å². The van der Waals surface area contributed by atoms with Crippen molar-refractivity contribution in [3.8, 4) is 6.07 Å². The highest BCUT2D eigenvalue weighted by molar-refractivity contribution is 4.87. The minimum absolute atomic E-state index is 0.346. The second kappa shape index (κ2) is 4.56. The van der Waals surface area contributed by atoms with Gasteiger partial charge in [-0.3, -0.25) is 0 Å². The maximum absolute atomic E-state index is 9.81. The fraction of sp³-hybridized carbons (Fsp3) is 0.889. The van der Waals surface area contributed by atoms with Crippen LogP contribution in [0.15, 0.2) is 0 Å². The van der Waals surface area contributed by atoms with Gasteiger partial charge in [-0.05, 0) is 12.8 Å². The zero-order valence-electron chi connectivity index (χ0n) is 7.87. The van der Waals surface area contributed by atoms with Crippen LogP contribution in [-0.2, 0) is 0 Å². The van der Waals surface area contributed by atoms with Crippen molar-refractivity contribution in [2.75, 3.05) is 26.2 Å². The van der Waals surface area contributed by atoms with Gasteiger partial charge < -0.3 is 15.7 Å². The molecule has 0 atom stereocenters. The summed E-state index contributed by atoms with van der Waals surface area (Å²) in [4.78, 5) is 2.20. The topological polar surface area (TPSA) is 73.3 Å². The zero-order chi connectivity index (χ0) is 9.73. The molecule has 74 valence electrons. The van der Waals surface area contributed by atoms with Crippen LogP contribution in [0.25, 0.3) is 0 Å². The number of hydrogen-bond acceptors (Lipinski definition) is 4. The molecule has 0 spiro atoms. The van der Waals surface area contributed by atoms with Crippen LogP contribution in [0.1, 0.15) is 19.3 Å². The van der Waals surface area contributed by atoms with E-state index in [0.29, 0.717) is 13.0 Å². The van der Waals surface area contributed by atoms with Crippen LogP contribution in [0, 0.1) is 11.3 Å². The van der Waals surface area contributed by atoms with Gasteiger partial charge in [0, 0.05) is 32.6 Å². The molecule has 1 rings (SSSR count). The molecule has 0 aromatic heterocycles. The minimum Gasteiger partial charge on any atom is -0.388 e. The van der Waals surface area contributed by atoms with Gasteiger partial charge in [0.25, 0.3) is 0 Å². The quantitative estimate of drug-likeness (QED) is 0.629. The van der Waals surface area contributed by atoms with E-state index in [1.54, 1.807) is 0 Å². The normalized spacial score (nSPS) is 22.5. The molecule has 0 saturated carbocycles. The zero-order valence-corrected chi connectivity index (χ0v) is 7.87. The number of nitrogens with two attached hydrogens (primary N) is 1. The van der Waals surface area contributed by atoms with Crippen molar-refractivity contribution in [3.63, 3.8) is 0 Å². The average Bonchev–Trinajstić information content (AvgIpc) is 2.17. The molecule has 3 N–H and O–H groups in total. The number of hydrogen-bond donors (Lipinski definition) is 2. The molecule has 0 aromatic rings. The third kappa shape index (κ3) is 2.96. The molecule has 0 bridgehead atoms. The Kier molecular flexibility index (Phi) is 3.67. The standard InChI is InChI=1S/C9H17N3O/c10-4-1-5-12-6-2-9(13,8-11)3-7-12/h13H,1-3,5-8,11H2. The first-order valence-electron chi connectivity index (χ1n) is 4.72. The number of nitrogens with zero attached hydrogens (tertiary/aromatic N) is 2. The lowest BCUT2D eigenvalue weighted by Gasteiger charge is -2.37. The maximum atomic E-state index is 9.81. The van der Waals surface area contributed by atoms with Gasteiger partial charge in [-0.1, -0.05) is 0 Å². The lowest BCUT2D eigenvalue weighted by molar-refractivity contribution is -0.0128. The summed E-state index contributed by atoms with van der Waals surface area (Å²) < 4.78 is 0. The van der Waals surface area contributed by atoms with Gasteiger partial charge in [0.2, 0.25) is 0 Å². The molecule has 4 heteroatoms. The van der Waals surface area contributed by atoms with Crippen molar-refractivity contribution in [1.29, 1.82) is 5.26 Å². The first-order chi connectivity index (χ1) is 6.20. The van der Waals surface area contributed by atoms with E-state index >= 15 is 0 Å². The molecule has 4 nitrogen and oxygen atoms in total. The Morgan fingerprint density at radius 1 is 1.46 bits per heavy atom. The van der Waals surface area contributed by atoms with Crippen molar-refractivity contribution in [3.05, 3.63) is 0 Å².